The lowest BCUT2D eigenvalue weighted by Gasteiger charge is -2.34. The van der Waals surface area contributed by atoms with Crippen LogP contribution in [0, 0.1) is 0 Å². The Morgan fingerprint density at radius 2 is 1.22 bits per heavy atom. The Morgan fingerprint density at radius 3 is 1.71 bits per heavy atom. The van der Waals surface area contributed by atoms with Gasteiger partial charge in [-0.2, -0.15) is 10.2 Å². The molecule has 2 atom stereocenters. The van der Waals surface area contributed by atoms with Crippen LogP contribution in [0.15, 0.2) is 68.5 Å². The van der Waals surface area contributed by atoms with Crippen LogP contribution in [0.5, 0.6) is 0 Å². The maximum absolute atomic E-state index is 13.0. The third kappa shape index (κ3) is 7.06. The van der Waals surface area contributed by atoms with E-state index in [1.807, 2.05) is 0 Å². The van der Waals surface area contributed by atoms with Gasteiger partial charge in [-0.1, -0.05) is 24.3 Å². The highest BCUT2D eigenvalue weighted by Gasteiger charge is 2.59. The van der Waals surface area contributed by atoms with Crippen molar-refractivity contribution in [2.75, 3.05) is 25.6 Å². The molecule has 4 bridgehead atoms. The zero-order chi connectivity index (χ0) is 37.9. The summed E-state index contributed by atoms with van der Waals surface area (Å²) in [6.07, 6.45) is 1.17. The Bertz CT molecular complexity index is 2130. The van der Waals surface area contributed by atoms with E-state index in [-0.39, 0.29) is 22.0 Å². The first kappa shape index (κ1) is 37.1. The molecule has 2 unspecified atom stereocenters. The van der Waals surface area contributed by atoms with Crippen LogP contribution < -0.4 is 5.48 Å². The number of hydrazone groups is 2. The van der Waals surface area contributed by atoms with E-state index < -0.39 is 72.7 Å². The molecule has 6 rings (SSSR count). The number of fused-ring (bicyclic) bond motifs is 4. The fourth-order valence-corrected chi connectivity index (χ4v) is 6.58. The van der Waals surface area contributed by atoms with Crippen molar-refractivity contribution in [2.24, 2.45) is 10.2 Å². The zero-order valence-corrected chi connectivity index (χ0v) is 30.1. The molecule has 2 fully saturated rings. The quantitative estimate of drug-likeness (QED) is 0.452. The summed E-state index contributed by atoms with van der Waals surface area (Å²) in [6.45, 7) is 7.10. The van der Waals surface area contributed by atoms with Crippen LogP contribution in [-0.4, -0.2) is 115 Å². The van der Waals surface area contributed by atoms with Crippen molar-refractivity contribution < 1.29 is 55.2 Å². The lowest BCUT2D eigenvalue weighted by Crippen LogP contribution is -2.59. The molecule has 272 valence electrons. The smallest absolute Gasteiger partial charge is 0.442 e. The average molecular weight is 747 g/mol. The summed E-state index contributed by atoms with van der Waals surface area (Å²) in [5, 5.41) is 10.9. The number of carbonyl (C=O) groups is 5. The van der Waals surface area contributed by atoms with Gasteiger partial charge in [0.15, 0.2) is 25.2 Å². The first-order valence-electron chi connectivity index (χ1n) is 15.1. The molecule has 0 saturated carbocycles. The molecule has 3 amide bonds. The molecule has 0 aliphatic carbocycles. The van der Waals surface area contributed by atoms with Crippen molar-refractivity contribution >= 4 is 60.9 Å². The molecular weight excluding hydrogens is 713 g/mol. The van der Waals surface area contributed by atoms with E-state index in [2.05, 4.69) is 15.7 Å². The second-order valence-corrected chi connectivity index (χ2v) is 17.3. The molecule has 4 aliphatic rings. The minimum atomic E-state index is -3.42. The highest BCUT2D eigenvalue weighted by atomic mass is 32.2. The Hall–Kier alpha value is -5.21. The van der Waals surface area contributed by atoms with Crippen LogP contribution in [0.3, 0.4) is 0 Å². The van der Waals surface area contributed by atoms with Crippen molar-refractivity contribution in [3.05, 3.63) is 59.7 Å². The molecule has 0 aromatic heterocycles. The lowest BCUT2D eigenvalue weighted by atomic mass is 9.90. The van der Waals surface area contributed by atoms with Crippen LogP contribution in [0.2, 0.25) is 0 Å². The summed E-state index contributed by atoms with van der Waals surface area (Å²) in [5.41, 5.74) is -0.0694. The minimum Gasteiger partial charge on any atom is -0.442 e. The van der Waals surface area contributed by atoms with Gasteiger partial charge in [0.1, 0.15) is 30.1 Å². The summed E-state index contributed by atoms with van der Waals surface area (Å²) < 4.78 is 51.7. The fraction of sp³-hybridized carbons (Fsp3) is 0.387. The van der Waals surface area contributed by atoms with Gasteiger partial charge in [-0.05, 0) is 58.9 Å². The third-order valence-electron chi connectivity index (χ3n) is 7.89. The van der Waals surface area contributed by atoms with E-state index >= 15 is 0 Å². The van der Waals surface area contributed by atoms with E-state index in [1.165, 1.54) is 43.3 Å². The van der Waals surface area contributed by atoms with Crippen LogP contribution in [0.1, 0.15) is 45.7 Å². The van der Waals surface area contributed by atoms with Gasteiger partial charge in [-0.3, -0.25) is 9.59 Å². The van der Waals surface area contributed by atoms with E-state index in [1.54, 1.807) is 39.8 Å². The van der Waals surface area contributed by atoms with Gasteiger partial charge >= 0.3 is 18.0 Å². The molecule has 51 heavy (non-hydrogen) atoms. The van der Waals surface area contributed by atoms with Gasteiger partial charge in [0.25, 0.3) is 11.8 Å². The van der Waals surface area contributed by atoms with E-state index in [0.29, 0.717) is 21.9 Å². The lowest BCUT2D eigenvalue weighted by molar-refractivity contribution is -0.194. The van der Waals surface area contributed by atoms with Crippen LogP contribution in [0.25, 0.3) is 0 Å². The molecule has 0 spiro atoms. The number of carbonyl (C=O) groups excluding carboxylic acids is 5. The van der Waals surface area contributed by atoms with Gasteiger partial charge in [-0.25, -0.2) is 41.2 Å². The number of ether oxygens (including phenoxy) is 1. The largest absolute Gasteiger partial charge is 0.445 e. The highest BCUT2D eigenvalue weighted by Crippen LogP contribution is 2.35. The molecule has 20 heteroatoms. The second-order valence-electron chi connectivity index (χ2n) is 13.2. The third-order valence-corrected chi connectivity index (χ3v) is 10.1. The Morgan fingerprint density at radius 1 is 0.765 bits per heavy atom. The molecule has 1 N–H and O–H groups in total. The Kier molecular flexibility index (Phi) is 9.10. The number of sulfone groups is 2. The molecule has 4 heterocycles. The maximum atomic E-state index is 13.0. The second kappa shape index (κ2) is 12.5. The molecule has 2 aromatic carbocycles. The van der Waals surface area contributed by atoms with Crippen LogP contribution >= 0.6 is 0 Å². The Labute approximate surface area is 292 Å². The first-order chi connectivity index (χ1) is 23.4. The number of benzene rings is 2. The normalized spacial score (nSPS) is 23.3. The number of nitrogens with zero attached hydrogens (tertiary/aromatic N) is 5. The summed E-state index contributed by atoms with van der Waals surface area (Å²) in [6, 6.07) is 11.7. The first-order valence-corrected chi connectivity index (χ1v) is 18.9. The number of nitrogens with one attached hydrogen (secondary N) is 1. The summed E-state index contributed by atoms with van der Waals surface area (Å²) in [5.74, 6) is -2.49. The summed E-state index contributed by atoms with van der Waals surface area (Å²) in [4.78, 5) is 71.6. The molecule has 4 aliphatic heterocycles. The highest BCUT2D eigenvalue weighted by molar-refractivity contribution is 7.91. The fourth-order valence-electron chi connectivity index (χ4n) is 5.32. The van der Waals surface area contributed by atoms with E-state index in [9.17, 15) is 40.8 Å². The predicted molar refractivity (Wildman–Crippen MR) is 176 cm³/mol. The molecule has 18 nitrogen and oxygen atoms in total. The molecule has 0 radical (unpaired) electrons. The number of hydrogen-bond acceptors (Lipinski definition) is 15. The monoisotopic (exact) mass is 746 g/mol. The zero-order valence-electron chi connectivity index (χ0n) is 28.5. The molecule has 2 saturated heterocycles. The van der Waals surface area contributed by atoms with Gasteiger partial charge in [-0.15, -0.1) is 10.5 Å². The number of rotatable bonds is 4. The van der Waals surface area contributed by atoms with Crippen molar-refractivity contribution in [3.63, 3.8) is 0 Å². The Balaban J connectivity index is 0.000000205. The summed E-state index contributed by atoms with van der Waals surface area (Å²) >= 11 is 0. The van der Waals surface area contributed by atoms with Gasteiger partial charge in [0.2, 0.25) is 5.54 Å². The van der Waals surface area contributed by atoms with Crippen LogP contribution in [0.4, 0.5) is 4.79 Å². The van der Waals surface area contributed by atoms with Crippen LogP contribution in [-0.2, 0) is 53.3 Å². The predicted octanol–water partition coefficient (Wildman–Crippen LogP) is 0.561. The SMILES string of the molecule is CC(C)(C)OC(=O)N1OC(=O)CN2N=C(c3ccc(S(C)(=O)=O)cc3)C1(C)C2=O.CC12NOC(=O)CN(N=C1c1ccc(S(C)(=O)=O)cc1)C2=O. The molecular formula is C31H34N6O12S2. The van der Waals surface area contributed by atoms with Crippen molar-refractivity contribution in [1.82, 2.24) is 20.6 Å². The maximum Gasteiger partial charge on any atom is 0.445 e. The van der Waals surface area contributed by atoms with E-state index in [4.69, 9.17) is 14.4 Å². The topological polar surface area (TPSA) is 228 Å². The van der Waals surface area contributed by atoms with E-state index in [0.717, 1.165) is 22.5 Å². The number of hydroxylamine groups is 3. The number of amides is 3. The van der Waals surface area contributed by atoms with Crippen molar-refractivity contribution in [2.45, 2.75) is 61.1 Å². The van der Waals surface area contributed by atoms with Gasteiger partial charge < -0.3 is 14.4 Å². The summed E-state index contributed by atoms with van der Waals surface area (Å²) in [7, 11) is -6.72. The number of hydrogen-bond donors (Lipinski definition) is 1. The van der Waals surface area contributed by atoms with Gasteiger partial charge in [0.05, 0.1) is 9.79 Å². The minimum absolute atomic E-state index is 0.0900. The van der Waals surface area contributed by atoms with Crippen molar-refractivity contribution in [1.29, 1.82) is 0 Å². The van der Waals surface area contributed by atoms with Gasteiger partial charge in [0, 0.05) is 23.6 Å². The average Bonchev–Trinajstić information content (AvgIpc) is 3.33. The van der Waals surface area contributed by atoms with Crippen molar-refractivity contribution in [3.8, 4) is 0 Å². The molecule has 2 aromatic rings. The standard InChI is InChI=1S/C18H21N3O7S.C13H13N3O5S/c1-17(2,3)27-16(24)21-18(4)14(19-20(15(18)23)10-13(22)28-21)11-6-8-12(9-7-11)29(5,25)26;1-13-11(8-3-5-9(6-4-8)22(2,19)20)14-16(12(13)18)7-10(17)21-15-13/h6-9H,10H2,1-5H3;3-6,15H,7H2,1-2H3.